The third-order valence-corrected chi connectivity index (χ3v) is 6.92. The maximum Gasteiger partial charge on any atom is 0.417 e. The number of alkyl halides is 3. The summed E-state index contributed by atoms with van der Waals surface area (Å²) in [6.45, 7) is 1.51. The van der Waals surface area contributed by atoms with Gasteiger partial charge in [0.1, 0.15) is 11.2 Å². The quantitative estimate of drug-likeness (QED) is 0.689. The third-order valence-electron chi connectivity index (χ3n) is 5.18. The van der Waals surface area contributed by atoms with Crippen LogP contribution in [0.4, 0.5) is 13.2 Å². The molecule has 0 aromatic carbocycles. The first-order chi connectivity index (χ1) is 13.5. The highest BCUT2D eigenvalue weighted by Crippen LogP contribution is 2.44. The van der Waals surface area contributed by atoms with Gasteiger partial charge >= 0.3 is 6.18 Å². The van der Waals surface area contributed by atoms with E-state index < -0.39 is 27.1 Å². The van der Waals surface area contributed by atoms with Crippen LogP contribution in [0.5, 0.6) is 0 Å². The van der Waals surface area contributed by atoms with E-state index in [-0.39, 0.29) is 33.3 Å². The van der Waals surface area contributed by atoms with Crippen LogP contribution in [0.25, 0.3) is 22.7 Å². The van der Waals surface area contributed by atoms with E-state index in [4.69, 9.17) is 5.73 Å². The van der Waals surface area contributed by atoms with Gasteiger partial charge in [-0.2, -0.15) is 13.2 Å². The van der Waals surface area contributed by atoms with Crippen molar-refractivity contribution in [3.63, 3.8) is 0 Å². The first-order valence-corrected chi connectivity index (χ1v) is 10.5. The molecule has 1 saturated carbocycles. The second-order valence-corrected chi connectivity index (χ2v) is 9.44. The topological polar surface area (TPSA) is 104 Å². The molecule has 0 saturated heterocycles. The van der Waals surface area contributed by atoms with Crippen molar-refractivity contribution in [1.82, 2.24) is 19.5 Å². The molecule has 154 valence electrons. The Morgan fingerprint density at radius 1 is 1.21 bits per heavy atom. The largest absolute Gasteiger partial charge is 0.417 e. The molecule has 0 aliphatic heterocycles. The predicted molar refractivity (Wildman–Crippen MR) is 99.6 cm³/mol. The smallest absolute Gasteiger partial charge is 0.321 e. The lowest BCUT2D eigenvalue weighted by atomic mass is 10.1. The number of hydrogen-bond donors (Lipinski definition) is 1. The van der Waals surface area contributed by atoms with E-state index in [1.807, 2.05) is 0 Å². The van der Waals surface area contributed by atoms with Crippen molar-refractivity contribution in [3.05, 3.63) is 35.7 Å². The van der Waals surface area contributed by atoms with Gasteiger partial charge in [-0.1, -0.05) is 6.92 Å². The molecule has 3 heterocycles. The Kier molecular flexibility index (Phi) is 4.25. The zero-order valence-electron chi connectivity index (χ0n) is 15.7. The predicted octanol–water partition coefficient (Wildman–Crippen LogP) is 2.79. The van der Waals surface area contributed by atoms with Gasteiger partial charge in [-0.05, 0) is 30.5 Å². The van der Waals surface area contributed by atoms with Crippen LogP contribution in [-0.4, -0.2) is 33.7 Å². The van der Waals surface area contributed by atoms with E-state index in [1.54, 1.807) is 7.05 Å². The molecule has 0 radical (unpaired) electrons. The lowest BCUT2D eigenvalue weighted by molar-refractivity contribution is -0.137. The van der Waals surface area contributed by atoms with Crippen LogP contribution in [0.3, 0.4) is 0 Å². The average Bonchev–Trinajstić information content (AvgIpc) is 3.34. The molecule has 0 bridgehead atoms. The third kappa shape index (κ3) is 3.27. The Hall–Kier alpha value is -2.53. The summed E-state index contributed by atoms with van der Waals surface area (Å²) in [5.41, 5.74) is 5.54. The van der Waals surface area contributed by atoms with E-state index in [2.05, 4.69) is 15.0 Å². The monoisotopic (exact) mass is 425 g/mol. The normalized spacial score (nSPS) is 16.3. The van der Waals surface area contributed by atoms with Crippen molar-refractivity contribution in [2.24, 2.45) is 12.8 Å². The van der Waals surface area contributed by atoms with Crippen molar-refractivity contribution < 1.29 is 21.6 Å². The number of hydrogen-bond acceptors (Lipinski definition) is 6. The molecule has 0 amide bonds. The molecule has 1 aliphatic rings. The van der Waals surface area contributed by atoms with Crippen LogP contribution >= 0.6 is 0 Å². The maximum absolute atomic E-state index is 13.0. The number of nitrogens with zero attached hydrogens (tertiary/aromatic N) is 4. The zero-order chi connectivity index (χ0) is 21.2. The fourth-order valence-corrected chi connectivity index (χ4v) is 4.20. The van der Waals surface area contributed by atoms with Crippen LogP contribution < -0.4 is 5.73 Å². The molecular formula is C18H18F3N5O2S. The SMILES string of the molecule is CCS(=O)(=O)c1cc(C2(N)CC2)cnc1-c1nc2cc(C(F)(F)F)cnc2n1C. The van der Waals surface area contributed by atoms with E-state index >= 15 is 0 Å². The number of rotatable bonds is 4. The summed E-state index contributed by atoms with van der Waals surface area (Å²) in [6, 6.07) is 2.38. The molecule has 11 heteroatoms. The summed E-state index contributed by atoms with van der Waals surface area (Å²) in [5.74, 6) is -0.0457. The molecule has 1 aliphatic carbocycles. The maximum atomic E-state index is 13.0. The molecule has 7 nitrogen and oxygen atoms in total. The minimum absolute atomic E-state index is 0.000496. The van der Waals surface area contributed by atoms with E-state index in [9.17, 15) is 21.6 Å². The summed E-state index contributed by atoms with van der Waals surface area (Å²) in [5, 5.41) is 0. The zero-order valence-corrected chi connectivity index (χ0v) is 16.5. The molecule has 29 heavy (non-hydrogen) atoms. The highest BCUT2D eigenvalue weighted by Gasteiger charge is 2.41. The summed E-state index contributed by atoms with van der Waals surface area (Å²) >= 11 is 0. The van der Waals surface area contributed by atoms with E-state index in [0.29, 0.717) is 5.56 Å². The minimum atomic E-state index is -4.56. The van der Waals surface area contributed by atoms with Crippen molar-refractivity contribution in [3.8, 4) is 11.5 Å². The van der Waals surface area contributed by atoms with Crippen molar-refractivity contribution in [2.75, 3.05) is 5.75 Å². The number of aromatic nitrogens is 4. The summed E-state index contributed by atoms with van der Waals surface area (Å²) in [6.07, 6.45) is -0.869. The molecule has 1 fully saturated rings. The van der Waals surface area contributed by atoms with E-state index in [1.165, 1.54) is 23.8 Å². The minimum Gasteiger partial charge on any atom is -0.321 e. The fourth-order valence-electron chi connectivity index (χ4n) is 3.14. The van der Waals surface area contributed by atoms with Gasteiger partial charge in [0.2, 0.25) is 0 Å². The fraction of sp³-hybridized carbons (Fsp3) is 0.389. The Balaban J connectivity index is 1.94. The van der Waals surface area contributed by atoms with Gasteiger partial charge in [-0.15, -0.1) is 0 Å². The molecule has 2 N–H and O–H groups in total. The first kappa shape index (κ1) is 19.8. The van der Waals surface area contributed by atoms with Crippen LogP contribution in [0.1, 0.15) is 30.9 Å². The Bertz CT molecular complexity index is 1230. The summed E-state index contributed by atoms with van der Waals surface area (Å²) in [4.78, 5) is 12.3. The summed E-state index contributed by atoms with van der Waals surface area (Å²) < 4.78 is 65.9. The van der Waals surface area contributed by atoms with Crippen LogP contribution in [0.15, 0.2) is 29.4 Å². The average molecular weight is 425 g/mol. The van der Waals surface area contributed by atoms with Crippen LogP contribution in [0, 0.1) is 0 Å². The molecule has 0 spiro atoms. The standard InChI is InChI=1S/C18H18F3N5O2S/c1-3-29(27,28)13-7-10(17(22)4-5-17)8-23-14(13)16-25-12-6-11(18(19,20)21)9-24-15(12)26(16)2/h6-9H,3-5,22H2,1-2H3. The highest BCUT2D eigenvalue weighted by atomic mass is 32.2. The van der Waals surface area contributed by atoms with Crippen molar-refractivity contribution in [1.29, 1.82) is 0 Å². The van der Waals surface area contributed by atoms with Crippen LogP contribution in [-0.2, 0) is 28.6 Å². The van der Waals surface area contributed by atoms with Crippen molar-refractivity contribution >= 4 is 21.0 Å². The number of halogens is 3. The lowest BCUT2D eigenvalue weighted by Crippen LogP contribution is -2.20. The number of sulfone groups is 1. The van der Waals surface area contributed by atoms with Gasteiger partial charge in [-0.25, -0.2) is 18.4 Å². The lowest BCUT2D eigenvalue weighted by Gasteiger charge is -2.14. The molecule has 3 aromatic rings. The second kappa shape index (κ2) is 6.23. The van der Waals surface area contributed by atoms with E-state index in [0.717, 1.165) is 25.1 Å². The molecule has 0 unspecified atom stereocenters. The molecule has 3 aromatic heterocycles. The molecule has 4 rings (SSSR count). The Morgan fingerprint density at radius 3 is 2.48 bits per heavy atom. The Labute approximate surface area is 164 Å². The van der Waals surface area contributed by atoms with Gasteiger partial charge in [0.15, 0.2) is 21.3 Å². The highest BCUT2D eigenvalue weighted by molar-refractivity contribution is 7.91. The molecular weight excluding hydrogens is 407 g/mol. The first-order valence-electron chi connectivity index (χ1n) is 8.88. The number of fused-ring (bicyclic) bond motifs is 1. The Morgan fingerprint density at radius 2 is 1.90 bits per heavy atom. The number of nitrogens with two attached hydrogens (primary N) is 1. The molecule has 0 atom stereocenters. The second-order valence-electron chi connectivity index (χ2n) is 7.19. The van der Waals surface area contributed by atoms with Gasteiger partial charge < -0.3 is 10.3 Å². The van der Waals surface area contributed by atoms with Crippen molar-refractivity contribution in [2.45, 2.75) is 36.4 Å². The van der Waals surface area contributed by atoms with Crippen LogP contribution in [0.2, 0.25) is 0 Å². The number of aryl methyl sites for hydroxylation is 1. The van der Waals surface area contributed by atoms with Gasteiger partial charge in [0.25, 0.3) is 0 Å². The summed E-state index contributed by atoms with van der Waals surface area (Å²) in [7, 11) is -2.14. The van der Waals surface area contributed by atoms with Gasteiger partial charge in [0.05, 0.1) is 16.2 Å². The van der Waals surface area contributed by atoms with Gasteiger partial charge in [0, 0.05) is 25.0 Å². The number of pyridine rings is 2. The van der Waals surface area contributed by atoms with Gasteiger partial charge in [-0.3, -0.25) is 4.98 Å². The number of imidazole rings is 1.